The average molecular weight is 331 g/mol. The van der Waals surface area contributed by atoms with E-state index in [0.29, 0.717) is 6.54 Å². The molecule has 0 aromatic heterocycles. The van der Waals surface area contributed by atoms with Gasteiger partial charge in [-0.05, 0) is 44.7 Å². The molecule has 2 aliphatic rings. The maximum absolute atomic E-state index is 11.9. The van der Waals surface area contributed by atoms with Crippen LogP contribution >= 0.6 is 0 Å². The molecule has 0 spiro atoms. The summed E-state index contributed by atoms with van der Waals surface area (Å²) in [5.41, 5.74) is 2.44. The first-order valence-electron chi connectivity index (χ1n) is 8.93. The Morgan fingerprint density at radius 2 is 1.92 bits per heavy atom. The quantitative estimate of drug-likeness (QED) is 0.872. The van der Waals surface area contributed by atoms with Gasteiger partial charge in [-0.2, -0.15) is 0 Å². The van der Waals surface area contributed by atoms with Crippen molar-refractivity contribution in [2.45, 2.75) is 64.4 Å². The summed E-state index contributed by atoms with van der Waals surface area (Å²) < 4.78 is 5.79. The monoisotopic (exact) mass is 331 g/mol. The number of nitrogens with one attached hydrogen (secondary N) is 2. The second-order valence-electron chi connectivity index (χ2n) is 7.64. The Labute approximate surface area is 144 Å². The lowest BCUT2D eigenvalue weighted by molar-refractivity contribution is -0.0704. The third-order valence-electron chi connectivity index (χ3n) is 4.76. The first-order chi connectivity index (χ1) is 11.4. The minimum absolute atomic E-state index is 0.0235. The van der Waals surface area contributed by atoms with E-state index in [-0.39, 0.29) is 23.8 Å². The van der Waals surface area contributed by atoms with E-state index in [1.165, 1.54) is 5.56 Å². The molecule has 2 atom stereocenters. The van der Waals surface area contributed by atoms with Crippen LogP contribution in [0.3, 0.4) is 0 Å². The molecule has 1 aromatic carbocycles. The molecule has 5 heteroatoms. The van der Waals surface area contributed by atoms with Crippen LogP contribution in [-0.4, -0.2) is 41.8 Å². The third kappa shape index (κ3) is 4.95. The molecule has 0 radical (unpaired) electrons. The number of hydrogen-bond acceptors (Lipinski definition) is 3. The predicted molar refractivity (Wildman–Crippen MR) is 94.7 cm³/mol. The molecule has 132 valence electrons. The SMILES string of the molecule is CC1CN(Cc2cccc(CNC(=O)NC3(C)CC3)c2)CC(C)O1. The number of amides is 2. The van der Waals surface area contributed by atoms with E-state index in [2.05, 4.69) is 60.6 Å². The molecular formula is C19H29N3O2. The van der Waals surface area contributed by atoms with Gasteiger partial charge in [0.2, 0.25) is 0 Å². The third-order valence-corrected chi connectivity index (χ3v) is 4.76. The zero-order valence-corrected chi connectivity index (χ0v) is 15.0. The predicted octanol–water partition coefficient (Wildman–Crippen LogP) is 2.65. The number of carbonyl (C=O) groups excluding carboxylic acids is 1. The van der Waals surface area contributed by atoms with E-state index in [4.69, 9.17) is 4.74 Å². The molecular weight excluding hydrogens is 302 g/mol. The molecule has 5 nitrogen and oxygen atoms in total. The molecule has 2 amide bonds. The maximum atomic E-state index is 11.9. The number of ether oxygens (including phenoxy) is 1. The van der Waals surface area contributed by atoms with Crippen LogP contribution in [-0.2, 0) is 17.8 Å². The molecule has 1 heterocycles. The standard InChI is InChI=1S/C19H29N3O2/c1-14-11-22(12-15(2)24-14)13-17-6-4-5-16(9-17)10-20-18(23)21-19(3)7-8-19/h4-6,9,14-15H,7-8,10-13H2,1-3H3,(H2,20,21,23). The Morgan fingerprint density at radius 1 is 1.25 bits per heavy atom. The summed E-state index contributed by atoms with van der Waals surface area (Å²) in [6, 6.07) is 8.40. The lowest BCUT2D eigenvalue weighted by Gasteiger charge is -2.35. The number of urea groups is 1. The molecule has 1 aliphatic heterocycles. The fourth-order valence-corrected chi connectivity index (χ4v) is 3.32. The van der Waals surface area contributed by atoms with Crippen molar-refractivity contribution in [2.75, 3.05) is 13.1 Å². The number of carbonyl (C=O) groups is 1. The molecule has 1 aromatic rings. The number of hydrogen-bond donors (Lipinski definition) is 2. The number of benzene rings is 1. The van der Waals surface area contributed by atoms with Gasteiger partial charge in [-0.1, -0.05) is 24.3 Å². The second-order valence-corrected chi connectivity index (χ2v) is 7.64. The van der Waals surface area contributed by atoms with Gasteiger partial charge in [-0.15, -0.1) is 0 Å². The van der Waals surface area contributed by atoms with E-state index in [1.807, 2.05) is 0 Å². The highest BCUT2D eigenvalue weighted by Crippen LogP contribution is 2.33. The normalized spacial score (nSPS) is 26.0. The summed E-state index contributed by atoms with van der Waals surface area (Å²) in [6.45, 7) is 9.75. The van der Waals surface area contributed by atoms with Crippen molar-refractivity contribution in [3.05, 3.63) is 35.4 Å². The molecule has 3 rings (SSSR count). The minimum atomic E-state index is -0.0729. The van der Waals surface area contributed by atoms with Crippen LogP contribution in [0, 0.1) is 0 Å². The van der Waals surface area contributed by atoms with Crippen molar-refractivity contribution in [1.29, 1.82) is 0 Å². The van der Waals surface area contributed by atoms with Crippen LogP contribution in [0.5, 0.6) is 0 Å². The van der Waals surface area contributed by atoms with Gasteiger partial charge in [0.25, 0.3) is 0 Å². The summed E-state index contributed by atoms with van der Waals surface area (Å²) >= 11 is 0. The van der Waals surface area contributed by atoms with Gasteiger partial charge in [0.15, 0.2) is 0 Å². The van der Waals surface area contributed by atoms with Gasteiger partial charge >= 0.3 is 6.03 Å². The summed E-state index contributed by atoms with van der Waals surface area (Å²) in [7, 11) is 0. The molecule has 1 aliphatic carbocycles. The van der Waals surface area contributed by atoms with Crippen LogP contribution in [0.25, 0.3) is 0 Å². The fraction of sp³-hybridized carbons (Fsp3) is 0.632. The average Bonchev–Trinajstić information content (AvgIpc) is 3.21. The van der Waals surface area contributed by atoms with Crippen LogP contribution in [0.4, 0.5) is 4.79 Å². The molecule has 1 saturated heterocycles. The van der Waals surface area contributed by atoms with E-state index >= 15 is 0 Å². The largest absolute Gasteiger partial charge is 0.373 e. The topological polar surface area (TPSA) is 53.6 Å². The lowest BCUT2D eigenvalue weighted by atomic mass is 10.1. The second kappa shape index (κ2) is 7.11. The van der Waals surface area contributed by atoms with Crippen LogP contribution < -0.4 is 10.6 Å². The van der Waals surface area contributed by atoms with Gasteiger partial charge in [-0.25, -0.2) is 4.79 Å². The Morgan fingerprint density at radius 3 is 2.58 bits per heavy atom. The van der Waals surface area contributed by atoms with Gasteiger partial charge in [-0.3, -0.25) is 4.90 Å². The first-order valence-corrected chi connectivity index (χ1v) is 8.93. The Balaban J connectivity index is 1.51. The Kier molecular flexibility index (Phi) is 5.11. The van der Waals surface area contributed by atoms with Crippen molar-refractivity contribution < 1.29 is 9.53 Å². The molecule has 2 N–H and O–H groups in total. The van der Waals surface area contributed by atoms with Crippen molar-refractivity contribution in [3.8, 4) is 0 Å². The van der Waals surface area contributed by atoms with E-state index in [0.717, 1.165) is 38.0 Å². The smallest absolute Gasteiger partial charge is 0.315 e. The lowest BCUT2D eigenvalue weighted by Crippen LogP contribution is -2.44. The van der Waals surface area contributed by atoms with Crippen molar-refractivity contribution in [3.63, 3.8) is 0 Å². The van der Waals surface area contributed by atoms with Gasteiger partial charge in [0, 0.05) is 31.7 Å². The van der Waals surface area contributed by atoms with E-state index in [9.17, 15) is 4.79 Å². The van der Waals surface area contributed by atoms with Crippen molar-refractivity contribution in [1.82, 2.24) is 15.5 Å². The summed E-state index contributed by atoms with van der Waals surface area (Å²) in [4.78, 5) is 14.3. The van der Waals surface area contributed by atoms with Crippen molar-refractivity contribution in [2.24, 2.45) is 0 Å². The molecule has 0 bridgehead atoms. The number of morpholine rings is 1. The van der Waals surface area contributed by atoms with Crippen molar-refractivity contribution >= 4 is 6.03 Å². The van der Waals surface area contributed by atoms with Crippen LogP contribution in [0.2, 0.25) is 0 Å². The summed E-state index contributed by atoms with van der Waals surface area (Å²) in [5, 5.41) is 5.98. The zero-order valence-electron chi connectivity index (χ0n) is 15.0. The number of nitrogens with zero attached hydrogens (tertiary/aromatic N) is 1. The van der Waals surface area contributed by atoms with Crippen LogP contribution in [0.1, 0.15) is 44.7 Å². The molecule has 24 heavy (non-hydrogen) atoms. The highest BCUT2D eigenvalue weighted by Gasteiger charge is 2.38. The first kappa shape index (κ1) is 17.2. The molecule has 2 unspecified atom stereocenters. The Bertz CT molecular complexity index is 576. The van der Waals surface area contributed by atoms with Gasteiger partial charge in [0.1, 0.15) is 0 Å². The summed E-state index contributed by atoms with van der Waals surface area (Å²) in [6.07, 6.45) is 2.72. The Hall–Kier alpha value is -1.59. The van der Waals surface area contributed by atoms with E-state index < -0.39 is 0 Å². The van der Waals surface area contributed by atoms with Crippen LogP contribution in [0.15, 0.2) is 24.3 Å². The fourth-order valence-electron chi connectivity index (χ4n) is 3.32. The zero-order chi connectivity index (χ0) is 17.2. The number of rotatable bonds is 5. The molecule has 2 fully saturated rings. The van der Waals surface area contributed by atoms with Gasteiger partial charge in [0.05, 0.1) is 12.2 Å². The highest BCUT2D eigenvalue weighted by atomic mass is 16.5. The molecule has 1 saturated carbocycles. The highest BCUT2D eigenvalue weighted by molar-refractivity contribution is 5.75. The van der Waals surface area contributed by atoms with Gasteiger partial charge < -0.3 is 15.4 Å². The minimum Gasteiger partial charge on any atom is -0.373 e. The summed E-state index contributed by atoms with van der Waals surface area (Å²) in [5.74, 6) is 0. The van der Waals surface area contributed by atoms with E-state index in [1.54, 1.807) is 0 Å². The maximum Gasteiger partial charge on any atom is 0.315 e.